The van der Waals surface area contributed by atoms with Gasteiger partial charge in [-0.15, -0.1) is 0 Å². The fourth-order valence-electron chi connectivity index (χ4n) is 5.02. The Morgan fingerprint density at radius 3 is 2.36 bits per heavy atom. The van der Waals surface area contributed by atoms with E-state index in [4.69, 9.17) is 9.47 Å². The molecule has 0 aromatic heterocycles. The van der Waals surface area contributed by atoms with Crippen molar-refractivity contribution in [1.82, 2.24) is 0 Å². The highest BCUT2D eigenvalue weighted by Crippen LogP contribution is 2.48. The van der Waals surface area contributed by atoms with Crippen LogP contribution in [0.2, 0.25) is 0 Å². The first-order valence-electron chi connectivity index (χ1n) is 10.3. The molecule has 25 heavy (non-hydrogen) atoms. The Morgan fingerprint density at radius 1 is 1.20 bits per heavy atom. The summed E-state index contributed by atoms with van der Waals surface area (Å²) in [5, 5.41) is 10.7. The van der Waals surface area contributed by atoms with Gasteiger partial charge in [-0.25, -0.2) is 0 Å². The smallest absolute Gasteiger partial charge is 0.138 e. The van der Waals surface area contributed by atoms with Crippen LogP contribution in [0.15, 0.2) is 0 Å². The minimum Gasteiger partial charge on any atom is -0.387 e. The molecule has 7 atom stereocenters. The molecule has 2 fully saturated rings. The topological polar surface area (TPSA) is 55.8 Å². The van der Waals surface area contributed by atoms with Gasteiger partial charge in [0.05, 0.1) is 29.5 Å². The second kappa shape index (κ2) is 8.06. The van der Waals surface area contributed by atoms with Gasteiger partial charge in [0.1, 0.15) is 5.78 Å². The minimum atomic E-state index is -0.723. The number of carbonyl (C=O) groups excluding carboxylic acids is 1. The summed E-state index contributed by atoms with van der Waals surface area (Å²) in [6, 6.07) is 0. The van der Waals surface area contributed by atoms with E-state index in [1.165, 1.54) is 0 Å². The molecule has 1 N–H and O–H groups in total. The van der Waals surface area contributed by atoms with Gasteiger partial charge in [0.25, 0.3) is 0 Å². The molecular weight excluding hydrogens is 316 g/mol. The third-order valence-electron chi connectivity index (χ3n) is 6.96. The Hall–Kier alpha value is -0.450. The lowest BCUT2D eigenvalue weighted by atomic mass is 9.77. The molecule has 146 valence electrons. The maximum absolute atomic E-state index is 12.4. The van der Waals surface area contributed by atoms with Crippen LogP contribution < -0.4 is 0 Å². The minimum absolute atomic E-state index is 0.000935. The number of ether oxygens (including phenoxy) is 2. The van der Waals surface area contributed by atoms with E-state index in [9.17, 15) is 9.90 Å². The number of carbonyl (C=O) groups is 1. The van der Waals surface area contributed by atoms with Crippen LogP contribution in [0.5, 0.6) is 0 Å². The molecule has 0 aromatic rings. The molecule has 2 aliphatic heterocycles. The standard InChI is InChI=1S/C21H38O4/c1-7-16(17(22)8-2)19-14(5)13-21(10-4,25-19)18-11-12-20(23,9-3)15(6)24-18/h14-16,18-19,23H,7-13H2,1-6H3/t14-,15-,16-,18+,19-,20+,21-/m0/s1. The van der Waals surface area contributed by atoms with Crippen LogP contribution in [0.4, 0.5) is 0 Å². The van der Waals surface area contributed by atoms with Crippen molar-refractivity contribution in [2.45, 2.75) is 116 Å². The summed E-state index contributed by atoms with van der Waals surface area (Å²) in [5.41, 5.74) is -1.05. The summed E-state index contributed by atoms with van der Waals surface area (Å²) in [6.45, 7) is 12.4. The number of ketones is 1. The summed E-state index contributed by atoms with van der Waals surface area (Å²) in [5.74, 6) is 0.651. The van der Waals surface area contributed by atoms with E-state index in [-0.39, 0.29) is 29.8 Å². The zero-order valence-electron chi connectivity index (χ0n) is 17.0. The van der Waals surface area contributed by atoms with Gasteiger partial charge in [0.15, 0.2) is 0 Å². The van der Waals surface area contributed by atoms with Crippen molar-refractivity contribution in [2.75, 3.05) is 0 Å². The molecule has 2 saturated heterocycles. The summed E-state index contributed by atoms with van der Waals surface area (Å²) < 4.78 is 13.0. The normalized spacial score (nSPS) is 43.2. The first-order chi connectivity index (χ1) is 11.8. The average molecular weight is 355 g/mol. The van der Waals surface area contributed by atoms with Crippen molar-refractivity contribution in [3.05, 3.63) is 0 Å². The highest BCUT2D eigenvalue weighted by atomic mass is 16.6. The van der Waals surface area contributed by atoms with E-state index < -0.39 is 5.60 Å². The second-order valence-corrected chi connectivity index (χ2v) is 8.28. The Morgan fingerprint density at radius 2 is 1.88 bits per heavy atom. The SMILES string of the molecule is CCC(=O)[C@H](CC)[C@H]1O[C@](CC)([C@H]2CC[C@](O)(CC)[C@H](C)O2)C[C@@H]1C. The zero-order chi connectivity index (χ0) is 18.8. The van der Waals surface area contributed by atoms with Crippen LogP contribution in [-0.2, 0) is 14.3 Å². The van der Waals surface area contributed by atoms with Crippen LogP contribution in [0, 0.1) is 11.8 Å². The van der Waals surface area contributed by atoms with Crippen molar-refractivity contribution in [1.29, 1.82) is 0 Å². The molecule has 0 spiro atoms. The number of rotatable bonds is 7. The highest BCUT2D eigenvalue weighted by molar-refractivity contribution is 5.81. The number of hydrogen-bond donors (Lipinski definition) is 1. The van der Waals surface area contributed by atoms with Crippen molar-refractivity contribution in [3.63, 3.8) is 0 Å². The molecule has 2 heterocycles. The molecule has 4 nitrogen and oxygen atoms in total. The predicted octanol–water partition coefficient (Wildman–Crippen LogP) is 4.27. The largest absolute Gasteiger partial charge is 0.387 e. The van der Waals surface area contributed by atoms with Gasteiger partial charge in [-0.2, -0.15) is 0 Å². The highest BCUT2D eigenvalue weighted by Gasteiger charge is 2.54. The maximum atomic E-state index is 12.4. The van der Waals surface area contributed by atoms with Crippen molar-refractivity contribution < 1.29 is 19.4 Å². The molecule has 0 unspecified atom stereocenters. The molecule has 0 bridgehead atoms. The lowest BCUT2D eigenvalue weighted by Gasteiger charge is -2.47. The van der Waals surface area contributed by atoms with E-state index in [0.29, 0.717) is 24.5 Å². The molecule has 2 rings (SSSR count). The Balaban J connectivity index is 2.18. The number of Topliss-reactive ketones (excluding diaryl/α,β-unsaturated/α-hetero) is 1. The first-order valence-corrected chi connectivity index (χ1v) is 10.3. The van der Waals surface area contributed by atoms with Crippen LogP contribution in [0.3, 0.4) is 0 Å². The van der Waals surface area contributed by atoms with Gasteiger partial charge in [-0.05, 0) is 51.4 Å². The lowest BCUT2D eigenvalue weighted by Crippen LogP contribution is -2.55. The molecule has 0 aromatic carbocycles. The van der Waals surface area contributed by atoms with Gasteiger partial charge in [0, 0.05) is 12.3 Å². The van der Waals surface area contributed by atoms with Crippen LogP contribution in [0.1, 0.15) is 86.5 Å². The zero-order valence-corrected chi connectivity index (χ0v) is 17.0. The third kappa shape index (κ3) is 3.81. The fourth-order valence-corrected chi connectivity index (χ4v) is 5.02. The van der Waals surface area contributed by atoms with E-state index >= 15 is 0 Å². The van der Waals surface area contributed by atoms with Crippen LogP contribution >= 0.6 is 0 Å². The molecule has 0 amide bonds. The summed E-state index contributed by atoms with van der Waals surface area (Å²) in [7, 11) is 0. The predicted molar refractivity (Wildman–Crippen MR) is 99.6 cm³/mol. The van der Waals surface area contributed by atoms with Crippen molar-refractivity contribution >= 4 is 5.78 Å². The van der Waals surface area contributed by atoms with Gasteiger partial charge in [0.2, 0.25) is 0 Å². The molecular formula is C21H38O4. The van der Waals surface area contributed by atoms with Crippen LogP contribution in [0.25, 0.3) is 0 Å². The number of aliphatic hydroxyl groups is 1. The summed E-state index contributed by atoms with van der Waals surface area (Å²) >= 11 is 0. The Bertz CT molecular complexity index is 465. The monoisotopic (exact) mass is 354 g/mol. The molecule has 2 aliphatic rings. The molecule has 0 aliphatic carbocycles. The maximum Gasteiger partial charge on any atom is 0.138 e. The Kier molecular flexibility index (Phi) is 6.72. The van der Waals surface area contributed by atoms with Gasteiger partial charge in [-0.1, -0.05) is 34.6 Å². The second-order valence-electron chi connectivity index (χ2n) is 8.28. The van der Waals surface area contributed by atoms with E-state index in [0.717, 1.165) is 32.1 Å². The average Bonchev–Trinajstić information content (AvgIpc) is 2.95. The van der Waals surface area contributed by atoms with Gasteiger partial charge in [-0.3, -0.25) is 4.79 Å². The van der Waals surface area contributed by atoms with Crippen molar-refractivity contribution in [3.8, 4) is 0 Å². The van der Waals surface area contributed by atoms with E-state index in [2.05, 4.69) is 20.8 Å². The van der Waals surface area contributed by atoms with Gasteiger partial charge < -0.3 is 14.6 Å². The number of hydrogen-bond acceptors (Lipinski definition) is 4. The summed E-state index contributed by atoms with van der Waals surface area (Å²) in [6.07, 6.45) is 5.31. The lowest BCUT2D eigenvalue weighted by molar-refractivity contribution is -0.229. The van der Waals surface area contributed by atoms with Gasteiger partial charge >= 0.3 is 0 Å². The third-order valence-corrected chi connectivity index (χ3v) is 6.96. The Labute approximate surface area is 153 Å². The van der Waals surface area contributed by atoms with Crippen LogP contribution in [-0.4, -0.2) is 40.4 Å². The molecule has 0 radical (unpaired) electrons. The molecule has 0 saturated carbocycles. The summed E-state index contributed by atoms with van der Waals surface area (Å²) in [4.78, 5) is 12.4. The first kappa shape index (κ1) is 20.9. The quantitative estimate of drug-likeness (QED) is 0.741. The molecule has 4 heteroatoms. The van der Waals surface area contributed by atoms with E-state index in [1.807, 2.05) is 20.8 Å². The van der Waals surface area contributed by atoms with Crippen molar-refractivity contribution in [2.24, 2.45) is 11.8 Å². The van der Waals surface area contributed by atoms with E-state index in [1.54, 1.807) is 0 Å². The fraction of sp³-hybridized carbons (Fsp3) is 0.952.